The number of ether oxygens (including phenoxy) is 1. The van der Waals surface area contributed by atoms with Crippen molar-refractivity contribution >= 4 is 51.3 Å². The Morgan fingerprint density at radius 3 is 2.27 bits per heavy atom. The highest BCUT2D eigenvalue weighted by Gasteiger charge is 2.62. The SMILES string of the molecule is C1CCNCC1.C=C[C@@H]1C[C@]1(NC(=O)[C@@H]1CN(c2cc(Cl)nc(C)n2)CN1C(=O)[C@@H](NC(=O)OC1CCCC1)C(C)(C)C)C(=O)NS(=O)(=O)C1CC1. The van der Waals surface area contributed by atoms with Gasteiger partial charge in [0.05, 0.1) is 18.5 Å². The van der Waals surface area contributed by atoms with Crippen molar-refractivity contribution in [2.24, 2.45) is 11.3 Å². The van der Waals surface area contributed by atoms with E-state index >= 15 is 0 Å². The van der Waals surface area contributed by atoms with Crippen LogP contribution in [0, 0.1) is 18.3 Å². The van der Waals surface area contributed by atoms with Crippen molar-refractivity contribution in [1.29, 1.82) is 0 Å². The number of hydrogen-bond donors (Lipinski definition) is 4. The quantitative estimate of drug-likeness (QED) is 0.202. The molecule has 2 aliphatic heterocycles. The Bertz CT molecular complexity index is 1590. The number of aromatic nitrogens is 2. The molecular formula is C35H53ClN8O7S. The molecule has 3 aliphatic carbocycles. The number of nitrogens with one attached hydrogen (secondary N) is 4. The first-order valence-electron chi connectivity index (χ1n) is 18.3. The Balaban J connectivity index is 0.000000790. The molecular weight excluding hydrogens is 712 g/mol. The molecule has 17 heteroatoms. The lowest BCUT2D eigenvalue weighted by Crippen LogP contribution is -2.60. The molecule has 5 fully saturated rings. The minimum atomic E-state index is -3.88. The second-order valence-electron chi connectivity index (χ2n) is 15.5. The first-order valence-corrected chi connectivity index (χ1v) is 20.2. The predicted molar refractivity (Wildman–Crippen MR) is 196 cm³/mol. The molecule has 15 nitrogen and oxygen atoms in total. The van der Waals surface area contributed by atoms with Crippen LogP contribution in [0.5, 0.6) is 0 Å². The molecule has 3 saturated carbocycles. The summed E-state index contributed by atoms with van der Waals surface area (Å²) < 4.78 is 32.9. The van der Waals surface area contributed by atoms with Crippen molar-refractivity contribution in [3.63, 3.8) is 0 Å². The van der Waals surface area contributed by atoms with E-state index in [1.165, 1.54) is 49.4 Å². The average Bonchev–Trinajstić information content (AvgIpc) is 3.96. The zero-order valence-corrected chi connectivity index (χ0v) is 32.2. The molecule has 3 heterocycles. The Labute approximate surface area is 311 Å². The van der Waals surface area contributed by atoms with Crippen molar-refractivity contribution < 1.29 is 32.3 Å². The topological polar surface area (TPSA) is 192 Å². The summed E-state index contributed by atoms with van der Waals surface area (Å²) in [6, 6.07) is -0.701. The van der Waals surface area contributed by atoms with Crippen molar-refractivity contribution in [3.8, 4) is 0 Å². The van der Waals surface area contributed by atoms with Crippen LogP contribution in [0.25, 0.3) is 0 Å². The lowest BCUT2D eigenvalue weighted by molar-refractivity contribution is -0.142. The number of rotatable bonds is 10. The monoisotopic (exact) mass is 764 g/mol. The van der Waals surface area contributed by atoms with E-state index in [2.05, 4.69) is 37.2 Å². The maximum Gasteiger partial charge on any atom is 0.408 e. The summed E-state index contributed by atoms with van der Waals surface area (Å²) in [5.74, 6) is -1.79. The van der Waals surface area contributed by atoms with Crippen molar-refractivity contribution in [3.05, 3.63) is 29.7 Å². The Kier molecular flexibility index (Phi) is 12.4. The second-order valence-corrected chi connectivity index (χ2v) is 17.9. The summed E-state index contributed by atoms with van der Waals surface area (Å²) in [5, 5.41) is 8.33. The fourth-order valence-electron chi connectivity index (χ4n) is 6.88. The largest absolute Gasteiger partial charge is 0.446 e. The van der Waals surface area contributed by atoms with Crippen LogP contribution in [0.1, 0.15) is 90.8 Å². The Morgan fingerprint density at radius 2 is 1.75 bits per heavy atom. The van der Waals surface area contributed by atoms with Crippen LogP contribution < -0.4 is 25.6 Å². The van der Waals surface area contributed by atoms with Crippen LogP contribution in [0.3, 0.4) is 0 Å². The fraction of sp³-hybridized carbons (Fsp3) is 0.714. The Hall–Kier alpha value is -3.50. The minimum absolute atomic E-state index is 0.0232. The number of alkyl carbamates (subject to hydrolysis) is 1. The third kappa shape index (κ3) is 9.72. The molecule has 0 aromatic carbocycles. The van der Waals surface area contributed by atoms with E-state index in [1.807, 2.05) is 0 Å². The van der Waals surface area contributed by atoms with Gasteiger partial charge in [-0.15, -0.1) is 6.58 Å². The minimum Gasteiger partial charge on any atom is -0.446 e. The third-order valence-corrected chi connectivity index (χ3v) is 12.2. The van der Waals surface area contributed by atoms with Gasteiger partial charge < -0.3 is 30.5 Å². The van der Waals surface area contributed by atoms with Gasteiger partial charge in [0.15, 0.2) is 0 Å². The molecule has 288 valence electrons. The number of carbonyl (C=O) groups excluding carboxylic acids is 4. The van der Waals surface area contributed by atoms with Crippen LogP contribution in [-0.2, 0) is 29.1 Å². The van der Waals surface area contributed by atoms with Crippen LogP contribution in [-0.4, -0.2) is 102 Å². The number of piperidine rings is 1. The summed E-state index contributed by atoms with van der Waals surface area (Å²) in [6.07, 6.45) is 9.30. The second kappa shape index (κ2) is 16.3. The molecule has 6 rings (SSSR count). The number of amides is 4. The van der Waals surface area contributed by atoms with Crippen LogP contribution >= 0.6 is 11.6 Å². The van der Waals surface area contributed by atoms with Crippen LogP contribution in [0.15, 0.2) is 18.7 Å². The highest BCUT2D eigenvalue weighted by molar-refractivity contribution is 7.91. The number of carbonyl (C=O) groups is 4. The zero-order valence-electron chi connectivity index (χ0n) is 30.6. The maximum atomic E-state index is 14.3. The molecule has 2 saturated heterocycles. The van der Waals surface area contributed by atoms with Gasteiger partial charge in [-0.3, -0.25) is 19.1 Å². The van der Waals surface area contributed by atoms with E-state index in [0.29, 0.717) is 24.5 Å². The van der Waals surface area contributed by atoms with Crippen LogP contribution in [0.2, 0.25) is 5.15 Å². The van der Waals surface area contributed by atoms with Gasteiger partial charge in [-0.05, 0) is 83.2 Å². The van der Waals surface area contributed by atoms with Gasteiger partial charge in [0.2, 0.25) is 21.8 Å². The summed E-state index contributed by atoms with van der Waals surface area (Å²) in [5.41, 5.74) is -2.32. The molecule has 4 atom stereocenters. The molecule has 1 aromatic rings. The molecule has 4 amide bonds. The smallest absolute Gasteiger partial charge is 0.408 e. The summed E-state index contributed by atoms with van der Waals surface area (Å²) in [6.45, 7) is 13.2. The number of aryl methyl sites for hydroxylation is 1. The molecule has 0 bridgehead atoms. The summed E-state index contributed by atoms with van der Waals surface area (Å²) in [7, 11) is -3.88. The maximum absolute atomic E-state index is 14.3. The van der Waals surface area contributed by atoms with E-state index < -0.39 is 68.0 Å². The standard InChI is InChI=1S/C30H42ClN7O7S.C5H11N/c1-6-18-14-30(18,27(41)36-46(43,44)20-11-12-20)35-25(39)21-15-37(23-13-22(31)32-17(2)33-23)16-38(21)26(40)24(29(3,4)5)34-28(42)45-19-9-7-8-10-19;1-2-4-6-5-3-1/h6,13,18-21,24H,1,7-12,14-16H2,2-5H3,(H,34,42)(H,35,39)(H,36,41);6H,1-5H2/t18-,21+,24-,30-;/m1./s1. The highest BCUT2D eigenvalue weighted by atomic mass is 35.5. The van der Waals surface area contributed by atoms with Gasteiger partial charge >= 0.3 is 6.09 Å². The van der Waals surface area contributed by atoms with Gasteiger partial charge in [0.25, 0.3) is 5.91 Å². The van der Waals surface area contributed by atoms with Crippen molar-refractivity contribution in [2.75, 3.05) is 31.2 Å². The zero-order chi connectivity index (χ0) is 37.8. The first kappa shape index (κ1) is 39.7. The summed E-state index contributed by atoms with van der Waals surface area (Å²) >= 11 is 6.20. The third-order valence-electron chi connectivity index (χ3n) is 10.2. The number of anilines is 1. The fourth-order valence-corrected chi connectivity index (χ4v) is 8.47. The van der Waals surface area contributed by atoms with Gasteiger partial charge in [-0.2, -0.15) is 0 Å². The summed E-state index contributed by atoms with van der Waals surface area (Å²) in [4.78, 5) is 66.2. The lowest BCUT2D eigenvalue weighted by atomic mass is 9.85. The number of hydrogen-bond acceptors (Lipinski definition) is 11. The van der Waals surface area contributed by atoms with Crippen molar-refractivity contribution in [1.82, 2.24) is 35.5 Å². The van der Waals surface area contributed by atoms with Crippen molar-refractivity contribution in [2.45, 2.75) is 121 Å². The molecule has 1 aromatic heterocycles. The van der Waals surface area contributed by atoms with E-state index in [-0.39, 0.29) is 30.9 Å². The Morgan fingerprint density at radius 1 is 1.08 bits per heavy atom. The number of halogens is 1. The van der Waals surface area contributed by atoms with E-state index in [1.54, 1.807) is 32.6 Å². The molecule has 0 spiro atoms. The van der Waals surface area contributed by atoms with Gasteiger partial charge in [0.1, 0.15) is 40.5 Å². The van der Waals surface area contributed by atoms with E-state index in [9.17, 15) is 27.6 Å². The molecule has 0 unspecified atom stereocenters. The molecule has 0 radical (unpaired) electrons. The van der Waals surface area contributed by atoms with Gasteiger partial charge in [0, 0.05) is 12.0 Å². The predicted octanol–water partition coefficient (Wildman–Crippen LogP) is 2.93. The molecule has 5 aliphatic rings. The lowest BCUT2D eigenvalue weighted by Gasteiger charge is -2.35. The molecule has 52 heavy (non-hydrogen) atoms. The van der Waals surface area contributed by atoms with E-state index in [4.69, 9.17) is 16.3 Å². The van der Waals surface area contributed by atoms with Gasteiger partial charge in [-0.1, -0.05) is 44.9 Å². The van der Waals surface area contributed by atoms with Gasteiger partial charge in [-0.25, -0.2) is 23.2 Å². The normalized spacial score (nSPS) is 25.3. The number of nitrogens with zero attached hydrogens (tertiary/aromatic N) is 4. The molecule has 4 N–H and O–H groups in total. The average molecular weight is 765 g/mol. The van der Waals surface area contributed by atoms with E-state index in [0.717, 1.165) is 25.7 Å². The number of sulfonamides is 1. The highest BCUT2D eigenvalue weighted by Crippen LogP contribution is 2.45. The first-order chi connectivity index (χ1) is 24.5. The van der Waals surface area contributed by atoms with Crippen LogP contribution in [0.4, 0.5) is 10.6 Å².